The van der Waals surface area contributed by atoms with E-state index in [9.17, 15) is 22.9 Å². The molecule has 2 aromatic rings. The molecule has 142 valence electrons. The van der Waals surface area contributed by atoms with Crippen molar-refractivity contribution in [1.82, 2.24) is 4.98 Å². The molecule has 27 heavy (non-hydrogen) atoms. The van der Waals surface area contributed by atoms with Gasteiger partial charge in [-0.25, -0.2) is 12.8 Å². The molecule has 3 rings (SSSR count). The van der Waals surface area contributed by atoms with Crippen LogP contribution in [0.2, 0.25) is 0 Å². The van der Waals surface area contributed by atoms with Gasteiger partial charge >= 0.3 is 0 Å². The molecule has 1 aromatic heterocycles. The molecule has 1 N–H and O–H groups in total. The first-order valence-electron chi connectivity index (χ1n) is 8.20. The van der Waals surface area contributed by atoms with Gasteiger partial charge in [-0.15, -0.1) is 0 Å². The van der Waals surface area contributed by atoms with Gasteiger partial charge in [0.25, 0.3) is 16.1 Å². The predicted octanol–water partition coefficient (Wildman–Crippen LogP) is 3.58. The summed E-state index contributed by atoms with van der Waals surface area (Å²) in [6, 6.07) is 6.91. The van der Waals surface area contributed by atoms with Crippen molar-refractivity contribution < 1.29 is 17.7 Å². The number of alkyl halides is 1. The number of anilines is 1. The van der Waals surface area contributed by atoms with Gasteiger partial charge in [0.15, 0.2) is 0 Å². The monoisotopic (exact) mass is 391 g/mol. The quantitative estimate of drug-likeness (QED) is 0.620. The molecule has 0 fully saturated rings. The number of benzene rings is 1. The van der Waals surface area contributed by atoms with Crippen molar-refractivity contribution in [2.45, 2.75) is 32.0 Å². The summed E-state index contributed by atoms with van der Waals surface area (Å²) in [4.78, 5) is 14.5. The first-order valence-corrected chi connectivity index (χ1v) is 9.68. The maximum absolute atomic E-state index is 14.2. The number of rotatable bonds is 5. The van der Waals surface area contributed by atoms with Crippen LogP contribution in [0.4, 0.5) is 10.1 Å². The number of nitrogens with zero attached hydrogens (tertiary/aromatic N) is 2. The Kier molecular flexibility index (Phi) is 4.73. The second kappa shape index (κ2) is 6.73. The Morgan fingerprint density at radius 3 is 2.63 bits per heavy atom. The molecular weight excluding hydrogens is 373 g/mol. The van der Waals surface area contributed by atoms with Crippen molar-refractivity contribution in [2.24, 2.45) is 0 Å². The summed E-state index contributed by atoms with van der Waals surface area (Å²) in [6.45, 7) is 2.56. The lowest BCUT2D eigenvalue weighted by Gasteiger charge is -2.25. The van der Waals surface area contributed by atoms with Crippen LogP contribution in [0, 0.1) is 10.1 Å². The summed E-state index contributed by atoms with van der Waals surface area (Å²) < 4.78 is 42.2. The molecule has 0 saturated heterocycles. The van der Waals surface area contributed by atoms with Crippen LogP contribution in [-0.2, 0) is 10.0 Å². The molecule has 0 bridgehead atoms. The lowest BCUT2D eigenvalue weighted by atomic mass is 9.90. The minimum Gasteiger partial charge on any atom is -0.277 e. The number of hydrogen-bond donors (Lipinski definition) is 1. The highest BCUT2D eigenvalue weighted by molar-refractivity contribution is 7.96. The van der Waals surface area contributed by atoms with Crippen molar-refractivity contribution in [1.29, 1.82) is 0 Å². The summed E-state index contributed by atoms with van der Waals surface area (Å²) in [5.74, 6) is 0. The molecular formula is C18H18FN3O4S. The van der Waals surface area contributed by atoms with E-state index in [0.717, 1.165) is 11.5 Å². The first-order chi connectivity index (χ1) is 12.6. The van der Waals surface area contributed by atoms with Crippen LogP contribution < -0.4 is 4.72 Å². The highest BCUT2D eigenvalue weighted by Crippen LogP contribution is 2.34. The van der Waals surface area contributed by atoms with E-state index in [-0.39, 0.29) is 17.7 Å². The summed E-state index contributed by atoms with van der Waals surface area (Å²) in [7, 11) is -4.23. The molecule has 1 heterocycles. The van der Waals surface area contributed by atoms with Gasteiger partial charge in [-0.3, -0.25) is 19.8 Å². The zero-order valence-electron chi connectivity index (χ0n) is 14.7. The topological polar surface area (TPSA) is 102 Å². The molecule has 0 radical (unpaired) electrons. The van der Waals surface area contributed by atoms with E-state index < -0.39 is 31.6 Å². The fourth-order valence-electron chi connectivity index (χ4n) is 2.95. The highest BCUT2D eigenvalue weighted by atomic mass is 32.2. The smallest absolute Gasteiger partial charge is 0.264 e. The zero-order chi connectivity index (χ0) is 19.8. The number of halogens is 1. The predicted molar refractivity (Wildman–Crippen MR) is 101 cm³/mol. The molecule has 1 aromatic carbocycles. The van der Waals surface area contributed by atoms with Crippen molar-refractivity contribution in [3.63, 3.8) is 0 Å². The Bertz CT molecular complexity index is 1070. The van der Waals surface area contributed by atoms with Gasteiger partial charge in [-0.05, 0) is 37.6 Å². The van der Waals surface area contributed by atoms with Crippen molar-refractivity contribution >= 4 is 26.6 Å². The highest BCUT2D eigenvalue weighted by Gasteiger charge is 2.40. The van der Waals surface area contributed by atoms with E-state index in [1.165, 1.54) is 32.2 Å². The molecule has 0 spiro atoms. The van der Waals surface area contributed by atoms with Crippen LogP contribution in [0.3, 0.4) is 0 Å². The second-order valence-corrected chi connectivity index (χ2v) is 8.41. The lowest BCUT2D eigenvalue weighted by Crippen LogP contribution is -2.34. The summed E-state index contributed by atoms with van der Waals surface area (Å²) >= 11 is 0. The second-order valence-electron chi connectivity index (χ2n) is 6.72. The molecule has 0 aliphatic heterocycles. The standard InChI is InChI=1S/C18H18FN3O4S/c1-18(2,19)13-8-9-16(15(11-13)22(23)24)27(25,26)21-14-7-3-5-12-6-4-10-20-17(12)14/h3-10,15,21H,11H2,1-2H3/t15-/m1/s1. The summed E-state index contributed by atoms with van der Waals surface area (Å²) in [5.41, 5.74) is -0.946. The SMILES string of the molecule is CC(C)(F)C1=CC=C(S(=O)(=O)Nc2cccc3cccnc23)[C@H]([N+](=O)[O-])C1. The number of allylic oxidation sites excluding steroid dienone is 2. The summed E-state index contributed by atoms with van der Waals surface area (Å²) in [6.07, 6.45) is 3.62. The van der Waals surface area contributed by atoms with E-state index in [4.69, 9.17) is 0 Å². The number of sulfonamides is 1. The van der Waals surface area contributed by atoms with E-state index in [2.05, 4.69) is 9.71 Å². The molecule has 7 nitrogen and oxygen atoms in total. The first kappa shape index (κ1) is 19.0. The minimum absolute atomic E-state index is 0.176. The average Bonchev–Trinajstić information content (AvgIpc) is 2.60. The van der Waals surface area contributed by atoms with Gasteiger partial charge in [-0.2, -0.15) is 0 Å². The average molecular weight is 391 g/mol. The van der Waals surface area contributed by atoms with E-state index in [1.807, 2.05) is 0 Å². The number of para-hydroxylation sites is 1. The molecule has 0 saturated carbocycles. The van der Waals surface area contributed by atoms with Gasteiger partial charge in [0.2, 0.25) is 0 Å². The number of aromatic nitrogens is 1. The largest absolute Gasteiger partial charge is 0.277 e. The normalized spacial score (nSPS) is 18.0. The van der Waals surface area contributed by atoms with Crippen molar-refractivity contribution in [2.75, 3.05) is 4.72 Å². The molecule has 1 aliphatic rings. The van der Waals surface area contributed by atoms with E-state index >= 15 is 0 Å². The van der Waals surface area contributed by atoms with Crippen LogP contribution >= 0.6 is 0 Å². The Morgan fingerprint density at radius 2 is 1.96 bits per heavy atom. The number of pyridine rings is 1. The summed E-state index contributed by atoms with van der Waals surface area (Å²) in [5, 5.41) is 12.2. The Balaban J connectivity index is 2.03. The maximum Gasteiger partial charge on any atom is 0.264 e. The van der Waals surface area contributed by atoms with Crippen LogP contribution in [-0.4, -0.2) is 30.0 Å². The zero-order valence-corrected chi connectivity index (χ0v) is 15.5. The van der Waals surface area contributed by atoms with Crippen molar-refractivity contribution in [3.05, 3.63) is 69.3 Å². The van der Waals surface area contributed by atoms with Gasteiger partial charge in [0.1, 0.15) is 10.6 Å². The number of nitro groups is 1. The third kappa shape index (κ3) is 3.82. The molecule has 0 unspecified atom stereocenters. The molecule has 1 aliphatic carbocycles. The Morgan fingerprint density at radius 1 is 1.26 bits per heavy atom. The van der Waals surface area contributed by atoms with Gasteiger partial charge in [0.05, 0.1) is 11.2 Å². The van der Waals surface area contributed by atoms with Crippen LogP contribution in [0.1, 0.15) is 20.3 Å². The number of nitrogens with one attached hydrogen (secondary N) is 1. The van der Waals surface area contributed by atoms with Crippen molar-refractivity contribution in [3.8, 4) is 0 Å². The lowest BCUT2D eigenvalue weighted by molar-refractivity contribution is -0.510. The van der Waals surface area contributed by atoms with Gasteiger partial charge in [-0.1, -0.05) is 24.3 Å². The third-order valence-corrected chi connectivity index (χ3v) is 5.91. The fraction of sp³-hybridized carbons (Fsp3) is 0.278. The van der Waals surface area contributed by atoms with E-state index in [1.54, 1.807) is 24.3 Å². The number of hydrogen-bond acceptors (Lipinski definition) is 5. The van der Waals surface area contributed by atoms with Gasteiger partial charge < -0.3 is 0 Å². The van der Waals surface area contributed by atoms with Gasteiger partial charge in [0, 0.05) is 22.9 Å². The fourth-order valence-corrected chi connectivity index (χ4v) is 4.30. The van der Waals surface area contributed by atoms with E-state index in [0.29, 0.717) is 5.52 Å². The minimum atomic E-state index is -4.23. The molecule has 0 amide bonds. The third-order valence-electron chi connectivity index (χ3n) is 4.40. The Labute approximate surface area is 155 Å². The molecule has 9 heteroatoms. The number of fused-ring (bicyclic) bond motifs is 1. The molecule has 1 atom stereocenters. The maximum atomic E-state index is 14.2. The van der Waals surface area contributed by atoms with Crippen LogP contribution in [0.15, 0.2) is 59.2 Å². The Hall–Kier alpha value is -2.81. The van der Waals surface area contributed by atoms with Crippen LogP contribution in [0.25, 0.3) is 10.9 Å². The van der Waals surface area contributed by atoms with Crippen LogP contribution in [0.5, 0.6) is 0 Å².